The Morgan fingerprint density at radius 1 is 1.42 bits per heavy atom. The molecule has 1 atom stereocenters. The van der Waals surface area contributed by atoms with E-state index in [0.717, 1.165) is 33.5 Å². The van der Waals surface area contributed by atoms with Gasteiger partial charge in [-0.2, -0.15) is 5.10 Å². The molecule has 3 rings (SSSR count). The van der Waals surface area contributed by atoms with Crippen LogP contribution in [-0.4, -0.2) is 12.1 Å². The number of halogens is 1. The Morgan fingerprint density at radius 2 is 2.21 bits per heavy atom. The summed E-state index contributed by atoms with van der Waals surface area (Å²) >= 11 is 6.71. The van der Waals surface area contributed by atoms with Gasteiger partial charge < -0.3 is 0 Å². The number of thiophene rings is 2. The lowest BCUT2D eigenvalue weighted by Gasteiger charge is -2.33. The average molecular weight is 425 g/mol. The highest BCUT2D eigenvalue weighted by atomic mass is 79.9. The Labute approximate surface area is 159 Å². The molecule has 6 heteroatoms. The zero-order chi connectivity index (χ0) is 17.3. The molecule has 1 unspecified atom stereocenters. The number of hydrazone groups is 1. The van der Waals surface area contributed by atoms with Crippen LogP contribution in [0, 0.1) is 11.3 Å². The monoisotopic (exact) mass is 424 g/mol. The van der Waals surface area contributed by atoms with Gasteiger partial charge in [0.25, 0.3) is 5.91 Å². The normalized spacial score (nSPS) is 17.9. The number of hydrogen-bond donors (Lipinski definition) is 1. The third-order valence-corrected chi connectivity index (χ3v) is 7.19. The summed E-state index contributed by atoms with van der Waals surface area (Å²) in [5.41, 5.74) is 5.01. The Kier molecular flexibility index (Phi) is 5.27. The van der Waals surface area contributed by atoms with Crippen molar-refractivity contribution in [2.45, 2.75) is 40.0 Å². The summed E-state index contributed by atoms with van der Waals surface area (Å²) in [4.78, 5) is 14.8. The minimum absolute atomic E-state index is 0.103. The molecule has 2 aromatic heterocycles. The number of nitrogens with one attached hydrogen (secondary N) is 1. The SMILES string of the molecule is CC(C)(C)C1CCc2c(C(=O)N/N=C/c3ccc(Br)s3)csc2C1. The highest BCUT2D eigenvalue weighted by molar-refractivity contribution is 9.11. The van der Waals surface area contributed by atoms with E-state index >= 15 is 0 Å². The predicted molar refractivity (Wildman–Crippen MR) is 106 cm³/mol. The fourth-order valence-corrected chi connectivity index (χ4v) is 5.51. The molecular formula is C18H21BrN2OS2. The van der Waals surface area contributed by atoms with Crippen LogP contribution in [0.2, 0.25) is 0 Å². The van der Waals surface area contributed by atoms with Crippen molar-refractivity contribution in [3.05, 3.63) is 42.2 Å². The maximum Gasteiger partial charge on any atom is 0.272 e. The molecule has 2 heterocycles. The van der Waals surface area contributed by atoms with E-state index < -0.39 is 0 Å². The van der Waals surface area contributed by atoms with Gasteiger partial charge >= 0.3 is 0 Å². The Hall–Kier alpha value is -0.980. The van der Waals surface area contributed by atoms with Gasteiger partial charge in [-0.1, -0.05) is 20.8 Å². The topological polar surface area (TPSA) is 41.5 Å². The van der Waals surface area contributed by atoms with Crippen molar-refractivity contribution in [2.24, 2.45) is 16.4 Å². The summed E-state index contributed by atoms with van der Waals surface area (Å²) in [6, 6.07) is 3.93. The summed E-state index contributed by atoms with van der Waals surface area (Å²) in [6.45, 7) is 6.92. The van der Waals surface area contributed by atoms with Crippen LogP contribution in [0.1, 0.15) is 52.9 Å². The van der Waals surface area contributed by atoms with Gasteiger partial charge in [0.1, 0.15) is 0 Å². The molecule has 0 saturated heterocycles. The van der Waals surface area contributed by atoms with Crippen molar-refractivity contribution in [1.82, 2.24) is 5.43 Å². The summed E-state index contributed by atoms with van der Waals surface area (Å²) in [5.74, 6) is 0.587. The molecule has 128 valence electrons. The summed E-state index contributed by atoms with van der Waals surface area (Å²) in [7, 11) is 0. The average Bonchev–Trinajstić information content (AvgIpc) is 3.11. The van der Waals surface area contributed by atoms with Crippen molar-refractivity contribution in [2.75, 3.05) is 0 Å². The first-order valence-corrected chi connectivity index (χ1v) is 10.5. The second-order valence-corrected chi connectivity index (χ2v) is 10.7. The number of fused-ring (bicyclic) bond motifs is 1. The lowest BCUT2D eigenvalue weighted by molar-refractivity contribution is 0.0954. The summed E-state index contributed by atoms with van der Waals surface area (Å²) < 4.78 is 1.05. The molecule has 0 fully saturated rings. The van der Waals surface area contributed by atoms with Gasteiger partial charge in [-0.05, 0) is 64.2 Å². The zero-order valence-electron chi connectivity index (χ0n) is 14.1. The predicted octanol–water partition coefficient (Wildman–Crippen LogP) is 5.49. The van der Waals surface area contributed by atoms with Gasteiger partial charge in [0.2, 0.25) is 0 Å². The molecule has 1 aliphatic carbocycles. The van der Waals surface area contributed by atoms with Gasteiger partial charge in [0.05, 0.1) is 15.6 Å². The third-order valence-electron chi connectivity index (χ3n) is 4.58. The van der Waals surface area contributed by atoms with E-state index in [-0.39, 0.29) is 5.91 Å². The molecule has 1 N–H and O–H groups in total. The maximum atomic E-state index is 12.4. The van der Waals surface area contributed by atoms with Gasteiger partial charge in [0.15, 0.2) is 0 Å². The lowest BCUT2D eigenvalue weighted by Crippen LogP contribution is -2.27. The Morgan fingerprint density at radius 3 is 2.88 bits per heavy atom. The minimum Gasteiger partial charge on any atom is -0.267 e. The fraction of sp³-hybridized carbons (Fsp3) is 0.444. The lowest BCUT2D eigenvalue weighted by atomic mass is 9.72. The molecule has 0 bridgehead atoms. The second-order valence-electron chi connectivity index (χ2n) is 7.20. The standard InChI is InChI=1S/C18H21BrN2OS2/c1-18(2,3)11-4-6-13-14(10-23-15(13)8-11)17(22)21-20-9-12-5-7-16(19)24-12/h5,7,9-11H,4,6,8H2,1-3H3,(H,21,22)/b20-9+. The van der Waals surface area contributed by atoms with Gasteiger partial charge in [-0.15, -0.1) is 22.7 Å². The largest absolute Gasteiger partial charge is 0.272 e. The first kappa shape index (κ1) is 17.8. The highest BCUT2D eigenvalue weighted by Gasteiger charge is 2.31. The van der Waals surface area contributed by atoms with E-state index in [4.69, 9.17) is 0 Å². The van der Waals surface area contributed by atoms with E-state index in [1.165, 1.54) is 10.4 Å². The summed E-state index contributed by atoms with van der Waals surface area (Å²) in [6.07, 6.45) is 4.91. The first-order valence-electron chi connectivity index (χ1n) is 8.02. The number of carbonyl (C=O) groups is 1. The molecule has 2 aromatic rings. The summed E-state index contributed by atoms with van der Waals surface area (Å²) in [5, 5.41) is 6.07. The van der Waals surface area contributed by atoms with Crippen molar-refractivity contribution in [1.29, 1.82) is 0 Å². The highest BCUT2D eigenvalue weighted by Crippen LogP contribution is 2.40. The smallest absolute Gasteiger partial charge is 0.267 e. The van der Waals surface area contributed by atoms with Crippen molar-refractivity contribution in [3.8, 4) is 0 Å². The van der Waals surface area contributed by atoms with Crippen molar-refractivity contribution >= 4 is 50.7 Å². The van der Waals surface area contributed by atoms with Crippen LogP contribution < -0.4 is 5.43 Å². The Balaban J connectivity index is 1.67. The zero-order valence-corrected chi connectivity index (χ0v) is 17.3. The molecule has 3 nitrogen and oxygen atoms in total. The molecular weight excluding hydrogens is 404 g/mol. The van der Waals surface area contributed by atoms with Crippen LogP contribution in [0.4, 0.5) is 0 Å². The number of rotatable bonds is 3. The molecule has 0 aliphatic heterocycles. The molecule has 1 amide bonds. The van der Waals surface area contributed by atoms with E-state index in [0.29, 0.717) is 11.3 Å². The number of nitrogens with zero attached hydrogens (tertiary/aromatic N) is 1. The van der Waals surface area contributed by atoms with Crippen LogP contribution in [0.15, 0.2) is 26.4 Å². The number of hydrogen-bond acceptors (Lipinski definition) is 4. The number of carbonyl (C=O) groups excluding carboxylic acids is 1. The van der Waals surface area contributed by atoms with E-state index in [1.807, 2.05) is 17.5 Å². The van der Waals surface area contributed by atoms with E-state index in [2.05, 4.69) is 47.2 Å². The third kappa shape index (κ3) is 3.98. The van der Waals surface area contributed by atoms with Crippen LogP contribution in [-0.2, 0) is 12.8 Å². The van der Waals surface area contributed by atoms with Crippen LogP contribution in [0.5, 0.6) is 0 Å². The second kappa shape index (κ2) is 7.10. The first-order chi connectivity index (χ1) is 11.3. The molecule has 1 aliphatic rings. The van der Waals surface area contributed by atoms with Gasteiger partial charge in [-0.25, -0.2) is 5.43 Å². The van der Waals surface area contributed by atoms with Crippen LogP contribution >= 0.6 is 38.6 Å². The van der Waals surface area contributed by atoms with E-state index in [1.54, 1.807) is 28.9 Å². The molecule has 0 radical (unpaired) electrons. The van der Waals surface area contributed by atoms with E-state index in [9.17, 15) is 4.79 Å². The molecule has 24 heavy (non-hydrogen) atoms. The van der Waals surface area contributed by atoms with Gasteiger partial charge in [0, 0.05) is 15.1 Å². The molecule has 0 spiro atoms. The van der Waals surface area contributed by atoms with Crippen molar-refractivity contribution < 1.29 is 4.79 Å². The number of amides is 1. The molecule has 0 saturated carbocycles. The van der Waals surface area contributed by atoms with Crippen molar-refractivity contribution in [3.63, 3.8) is 0 Å². The van der Waals surface area contributed by atoms with Crippen LogP contribution in [0.25, 0.3) is 0 Å². The Bertz CT molecular complexity index is 770. The fourth-order valence-electron chi connectivity index (χ4n) is 3.05. The minimum atomic E-state index is -0.103. The maximum absolute atomic E-state index is 12.4. The van der Waals surface area contributed by atoms with Gasteiger partial charge in [-0.3, -0.25) is 4.79 Å². The van der Waals surface area contributed by atoms with Crippen LogP contribution in [0.3, 0.4) is 0 Å². The quantitative estimate of drug-likeness (QED) is 0.513. The molecule has 0 aromatic carbocycles.